The molecule has 2 aliphatic rings. The fourth-order valence-electron chi connectivity index (χ4n) is 5.25. The topological polar surface area (TPSA) is 110 Å². The number of pyridine rings is 1. The van der Waals surface area contributed by atoms with Crippen LogP contribution in [0.3, 0.4) is 0 Å². The van der Waals surface area contributed by atoms with Crippen LogP contribution in [0.5, 0.6) is 0 Å². The second-order valence-electron chi connectivity index (χ2n) is 10.4. The quantitative estimate of drug-likeness (QED) is 0.468. The van der Waals surface area contributed by atoms with Gasteiger partial charge in [-0.15, -0.1) is 0 Å². The van der Waals surface area contributed by atoms with E-state index in [2.05, 4.69) is 37.1 Å². The molecule has 4 amide bonds. The molecule has 0 saturated carbocycles. The smallest absolute Gasteiger partial charge is 0.333 e. The maximum atomic E-state index is 13.5. The number of nitrogens with one attached hydrogen (secondary N) is 1. The van der Waals surface area contributed by atoms with Crippen LogP contribution < -0.4 is 15.1 Å². The number of imide groups is 1. The number of fused-ring (bicyclic) bond motifs is 1. The number of hydrogen-bond acceptors (Lipinski definition) is 8. The van der Waals surface area contributed by atoms with Gasteiger partial charge in [0.2, 0.25) is 6.41 Å². The van der Waals surface area contributed by atoms with Crippen molar-refractivity contribution in [1.29, 1.82) is 0 Å². The molecule has 4 heterocycles. The Morgan fingerprint density at radius 3 is 2.27 bits per heavy atom. The van der Waals surface area contributed by atoms with Gasteiger partial charge in [0.1, 0.15) is 0 Å². The van der Waals surface area contributed by atoms with Gasteiger partial charge < -0.3 is 24.9 Å². The van der Waals surface area contributed by atoms with Gasteiger partial charge in [0.15, 0.2) is 5.65 Å². The predicted molar refractivity (Wildman–Crippen MR) is 155 cm³/mol. The molecule has 2 aliphatic heterocycles. The number of carbonyl (C=O) groups excluding carboxylic acids is 3. The zero-order valence-electron chi connectivity index (χ0n) is 23.2. The lowest BCUT2D eigenvalue weighted by Gasteiger charge is -2.36. The first kappa shape index (κ1) is 27.8. The van der Waals surface area contributed by atoms with Crippen LogP contribution in [0.4, 0.5) is 21.9 Å². The fraction of sp³-hybridized carbons (Fsp3) is 0.444. The molecule has 0 atom stereocenters. The van der Waals surface area contributed by atoms with Crippen LogP contribution in [0.15, 0.2) is 24.4 Å². The summed E-state index contributed by atoms with van der Waals surface area (Å²) >= 11 is 6.49. The number of likely N-dealkylation sites (N-methyl/N-ethyl adjacent to an activating group) is 2. The molecule has 12 nitrogen and oxygen atoms in total. The Kier molecular flexibility index (Phi) is 7.92. The largest absolute Gasteiger partial charge is 0.367 e. The van der Waals surface area contributed by atoms with Crippen molar-refractivity contribution < 1.29 is 14.4 Å². The predicted octanol–water partition coefficient (Wildman–Crippen LogP) is 2.26. The average molecular weight is 568 g/mol. The van der Waals surface area contributed by atoms with Crippen molar-refractivity contribution in [2.75, 3.05) is 81.6 Å². The number of piperazine rings is 2. The highest BCUT2D eigenvalue weighted by atomic mass is 35.5. The highest BCUT2D eigenvalue weighted by Gasteiger charge is 2.29. The Labute approximate surface area is 238 Å². The minimum absolute atomic E-state index is 0.145. The Bertz CT molecular complexity index is 1440. The van der Waals surface area contributed by atoms with Gasteiger partial charge in [-0.05, 0) is 39.2 Å². The lowest BCUT2D eigenvalue weighted by molar-refractivity contribution is -0.106. The molecule has 1 aromatic carbocycles. The molecule has 0 bridgehead atoms. The molecular weight excluding hydrogens is 534 g/mol. The van der Waals surface area contributed by atoms with Crippen LogP contribution in [-0.2, 0) is 11.8 Å². The zero-order chi connectivity index (χ0) is 28.6. The molecule has 1 N–H and O–H groups in total. The van der Waals surface area contributed by atoms with Crippen molar-refractivity contribution in [3.05, 3.63) is 40.7 Å². The van der Waals surface area contributed by atoms with Gasteiger partial charge in [-0.2, -0.15) is 5.10 Å². The van der Waals surface area contributed by atoms with E-state index < -0.39 is 6.03 Å². The third-order valence-electron chi connectivity index (χ3n) is 7.62. The van der Waals surface area contributed by atoms with E-state index in [0.29, 0.717) is 42.1 Å². The minimum Gasteiger partial charge on any atom is -0.367 e. The van der Waals surface area contributed by atoms with Crippen LogP contribution in [0.25, 0.3) is 11.0 Å². The van der Waals surface area contributed by atoms with Gasteiger partial charge in [-0.1, -0.05) is 11.6 Å². The second-order valence-corrected chi connectivity index (χ2v) is 10.8. The van der Waals surface area contributed by atoms with Gasteiger partial charge >= 0.3 is 6.03 Å². The first-order chi connectivity index (χ1) is 19.2. The van der Waals surface area contributed by atoms with Crippen molar-refractivity contribution in [3.8, 4) is 0 Å². The highest BCUT2D eigenvalue weighted by molar-refractivity contribution is 6.34. The number of anilines is 3. The molecule has 0 unspecified atom stereocenters. The highest BCUT2D eigenvalue weighted by Crippen LogP contribution is 2.38. The fourth-order valence-corrected chi connectivity index (χ4v) is 5.51. The third-order valence-corrected chi connectivity index (χ3v) is 7.94. The Hall–Kier alpha value is -3.74. The number of nitrogens with zero attached hydrogens (tertiary/aromatic N) is 8. The molecule has 2 aromatic heterocycles. The molecule has 5 rings (SSSR count). The summed E-state index contributed by atoms with van der Waals surface area (Å²) in [7, 11) is 5.91. The Balaban J connectivity index is 1.42. The summed E-state index contributed by atoms with van der Waals surface area (Å²) in [6.07, 6.45) is 2.02. The van der Waals surface area contributed by atoms with Crippen molar-refractivity contribution in [2.24, 2.45) is 7.05 Å². The summed E-state index contributed by atoms with van der Waals surface area (Å²) in [5.41, 5.74) is 3.29. The maximum absolute atomic E-state index is 13.5. The van der Waals surface area contributed by atoms with Gasteiger partial charge in [0, 0.05) is 65.1 Å². The summed E-state index contributed by atoms with van der Waals surface area (Å²) in [5.74, 6) is -0.145. The molecule has 0 spiro atoms. The van der Waals surface area contributed by atoms with E-state index in [9.17, 15) is 14.4 Å². The van der Waals surface area contributed by atoms with Crippen molar-refractivity contribution in [3.63, 3.8) is 0 Å². The van der Waals surface area contributed by atoms with Crippen LogP contribution in [-0.4, -0.2) is 114 Å². The molecular formula is C27H34ClN9O3. The summed E-state index contributed by atoms with van der Waals surface area (Å²) in [6.45, 7) is 7.88. The van der Waals surface area contributed by atoms with Crippen LogP contribution >= 0.6 is 11.6 Å². The van der Waals surface area contributed by atoms with Crippen LogP contribution in [0.1, 0.15) is 16.1 Å². The summed E-state index contributed by atoms with van der Waals surface area (Å²) in [4.78, 5) is 52.7. The first-order valence-electron chi connectivity index (χ1n) is 13.3. The van der Waals surface area contributed by atoms with Crippen molar-refractivity contribution >= 4 is 58.0 Å². The average Bonchev–Trinajstić information content (AvgIpc) is 3.22. The molecule has 0 aliphatic carbocycles. The van der Waals surface area contributed by atoms with Gasteiger partial charge in [-0.25, -0.2) is 14.7 Å². The number of hydrogen-bond donors (Lipinski definition) is 1. The van der Waals surface area contributed by atoms with Crippen molar-refractivity contribution in [2.45, 2.75) is 6.92 Å². The van der Waals surface area contributed by atoms with Crippen molar-refractivity contribution in [1.82, 2.24) is 29.5 Å². The van der Waals surface area contributed by atoms with Crippen LogP contribution in [0.2, 0.25) is 5.02 Å². The summed E-state index contributed by atoms with van der Waals surface area (Å²) in [6, 6.07) is 4.08. The molecule has 40 heavy (non-hydrogen) atoms. The molecule has 212 valence electrons. The number of aryl methyl sites for hydroxylation is 2. The number of urea groups is 1. The zero-order valence-corrected chi connectivity index (χ0v) is 24.0. The summed E-state index contributed by atoms with van der Waals surface area (Å²) in [5, 5.41) is 8.32. The maximum Gasteiger partial charge on any atom is 0.333 e. The van der Waals surface area contributed by atoms with E-state index in [4.69, 9.17) is 11.6 Å². The summed E-state index contributed by atoms with van der Waals surface area (Å²) < 4.78 is 1.70. The molecule has 13 heteroatoms. The van der Waals surface area contributed by atoms with E-state index in [1.165, 1.54) is 12.3 Å². The lowest BCUT2D eigenvalue weighted by Crippen LogP contribution is -2.47. The molecule has 3 aromatic rings. The Morgan fingerprint density at radius 2 is 1.65 bits per heavy atom. The van der Waals surface area contributed by atoms with E-state index in [0.717, 1.165) is 60.9 Å². The second kappa shape index (κ2) is 11.4. The van der Waals surface area contributed by atoms with E-state index >= 15 is 0 Å². The van der Waals surface area contributed by atoms with Gasteiger partial charge in [-0.3, -0.25) is 14.3 Å². The third kappa shape index (κ3) is 5.34. The number of amides is 4. The molecule has 0 radical (unpaired) electrons. The normalized spacial score (nSPS) is 16.8. The minimum atomic E-state index is -0.665. The van der Waals surface area contributed by atoms with Gasteiger partial charge in [0.05, 0.1) is 39.2 Å². The number of carbonyl (C=O) groups is 3. The number of aromatic nitrogens is 3. The van der Waals surface area contributed by atoms with Gasteiger partial charge in [0.25, 0.3) is 5.91 Å². The number of halogens is 1. The number of benzene rings is 1. The number of rotatable bonds is 5. The molecule has 2 saturated heterocycles. The standard InChI is InChI=1S/C27H34ClN9O3/c1-18-23-24(35-11-7-32(2)8-12-35)22(16-29-25(23)34(4)31-18)37(17-38)27(40)30-19-5-6-20(21(28)15-19)26(39)36-13-9-33(3)10-14-36/h5-6,15-17H,7-14H2,1-4H3,(H,30,40). The Morgan fingerprint density at radius 1 is 1.00 bits per heavy atom. The van der Waals surface area contributed by atoms with E-state index in [1.807, 2.05) is 21.0 Å². The SMILES string of the molecule is Cc1nn(C)c2ncc(N(C=O)C(=O)Nc3ccc(C(=O)N4CCN(C)CC4)c(Cl)c3)c(N3CCN(C)CC3)c12. The monoisotopic (exact) mass is 567 g/mol. The van der Waals surface area contributed by atoms with Crippen LogP contribution in [0, 0.1) is 6.92 Å². The van der Waals surface area contributed by atoms with E-state index in [1.54, 1.807) is 21.7 Å². The molecule has 2 fully saturated rings. The van der Waals surface area contributed by atoms with E-state index in [-0.39, 0.29) is 10.9 Å². The lowest BCUT2D eigenvalue weighted by atomic mass is 10.1. The first-order valence-corrected chi connectivity index (χ1v) is 13.6.